The number of aryl methyl sites for hydroxylation is 6. The van der Waals surface area contributed by atoms with E-state index in [0.717, 1.165) is 28.4 Å². The van der Waals surface area contributed by atoms with Gasteiger partial charge in [-0.25, -0.2) is 0 Å². The average molecular weight is 465 g/mol. The third-order valence-electron chi connectivity index (χ3n) is 9.09. The molecule has 3 nitrogen and oxygen atoms in total. The highest BCUT2D eigenvalue weighted by atomic mass is 16.7. The molecule has 0 unspecified atom stereocenters. The molecule has 3 heterocycles. The van der Waals surface area contributed by atoms with E-state index in [1.54, 1.807) is 0 Å². The summed E-state index contributed by atoms with van der Waals surface area (Å²) < 4.78 is 21.1. The molecule has 0 aromatic heterocycles. The summed E-state index contributed by atoms with van der Waals surface area (Å²) in [4.78, 5) is 0. The van der Waals surface area contributed by atoms with E-state index in [1.807, 2.05) is 0 Å². The summed E-state index contributed by atoms with van der Waals surface area (Å²) in [6.07, 6.45) is 2.15. The lowest BCUT2D eigenvalue weighted by molar-refractivity contribution is -0.125. The zero-order valence-electron chi connectivity index (χ0n) is 21.8. The van der Waals surface area contributed by atoms with Crippen molar-refractivity contribution in [2.45, 2.75) is 78.1 Å². The molecule has 3 aliphatic heterocycles. The monoisotopic (exact) mass is 464 g/mol. The van der Waals surface area contributed by atoms with Crippen LogP contribution < -0.4 is 14.2 Å². The van der Waals surface area contributed by atoms with Crippen molar-refractivity contribution < 1.29 is 14.2 Å². The molecule has 4 atom stereocenters. The van der Waals surface area contributed by atoms with Crippen molar-refractivity contribution in [3.63, 3.8) is 0 Å². The van der Waals surface area contributed by atoms with Crippen molar-refractivity contribution >= 4 is 0 Å². The first-order valence-electron chi connectivity index (χ1n) is 12.6. The van der Waals surface area contributed by atoms with Gasteiger partial charge in [0.05, 0.1) is 5.41 Å². The Morgan fingerprint density at radius 1 is 0.629 bits per heavy atom. The zero-order valence-corrected chi connectivity index (χ0v) is 21.8. The maximum atomic E-state index is 7.12. The lowest BCUT2D eigenvalue weighted by Gasteiger charge is -2.49. The fourth-order valence-corrected chi connectivity index (χ4v) is 7.60. The van der Waals surface area contributed by atoms with Crippen LogP contribution in [-0.2, 0) is 10.8 Å². The summed E-state index contributed by atoms with van der Waals surface area (Å²) >= 11 is 0. The smallest absolute Gasteiger partial charge is 0.291 e. The van der Waals surface area contributed by atoms with Gasteiger partial charge in [0, 0.05) is 22.3 Å². The number of hydrogen-bond donors (Lipinski definition) is 0. The molecule has 0 N–H and O–H groups in total. The Kier molecular flexibility index (Phi) is 3.70. The molecule has 0 saturated heterocycles. The molecule has 7 rings (SSSR count). The van der Waals surface area contributed by atoms with Crippen LogP contribution in [0.5, 0.6) is 17.2 Å². The number of rotatable bonds is 0. The second-order valence-electron chi connectivity index (χ2n) is 11.6. The predicted molar refractivity (Wildman–Crippen MR) is 138 cm³/mol. The van der Waals surface area contributed by atoms with Crippen molar-refractivity contribution in [1.82, 2.24) is 0 Å². The first kappa shape index (κ1) is 21.1. The van der Waals surface area contributed by atoms with Crippen LogP contribution in [-0.4, -0.2) is 11.9 Å². The highest BCUT2D eigenvalue weighted by Crippen LogP contribution is 2.71. The van der Waals surface area contributed by atoms with Crippen molar-refractivity contribution in [2.75, 3.05) is 0 Å². The molecule has 3 aromatic rings. The molecule has 0 saturated carbocycles. The fraction of sp³-hybridized carbons (Fsp3) is 0.375. The third-order valence-corrected chi connectivity index (χ3v) is 9.09. The molecular weight excluding hydrogens is 432 g/mol. The fourth-order valence-electron chi connectivity index (χ4n) is 7.60. The summed E-state index contributed by atoms with van der Waals surface area (Å²) in [6, 6.07) is 13.6. The van der Waals surface area contributed by atoms with Crippen LogP contribution in [0.4, 0.5) is 0 Å². The first-order valence-corrected chi connectivity index (χ1v) is 12.6. The molecule has 3 aromatic carbocycles. The molecule has 178 valence electrons. The Hall–Kier alpha value is -3.20. The molecule has 0 spiro atoms. The van der Waals surface area contributed by atoms with E-state index >= 15 is 0 Å². The highest BCUT2D eigenvalue weighted by Gasteiger charge is 2.79. The second-order valence-corrected chi connectivity index (χ2v) is 11.6. The number of hydrogen-bond acceptors (Lipinski definition) is 3. The zero-order chi connectivity index (χ0) is 24.7. The minimum absolute atomic E-state index is 0.208. The van der Waals surface area contributed by atoms with Gasteiger partial charge in [0.2, 0.25) is 0 Å². The van der Waals surface area contributed by atoms with E-state index in [0.29, 0.717) is 0 Å². The van der Waals surface area contributed by atoms with E-state index in [2.05, 4.69) is 97.9 Å². The lowest BCUT2D eigenvalue weighted by atomic mass is 9.54. The Bertz CT molecular complexity index is 1530. The lowest BCUT2D eigenvalue weighted by Crippen LogP contribution is -2.66. The van der Waals surface area contributed by atoms with Crippen LogP contribution in [0.1, 0.15) is 63.9 Å². The maximum absolute atomic E-state index is 7.12. The highest BCUT2D eigenvalue weighted by molar-refractivity contribution is 5.72. The quantitative estimate of drug-likeness (QED) is 0.336. The van der Waals surface area contributed by atoms with Crippen LogP contribution in [0.15, 0.2) is 48.0 Å². The summed E-state index contributed by atoms with van der Waals surface area (Å²) in [6.45, 7) is 17.5. The van der Waals surface area contributed by atoms with Crippen LogP contribution >= 0.6 is 0 Å². The molecule has 0 fully saturated rings. The van der Waals surface area contributed by atoms with Crippen molar-refractivity contribution in [2.24, 2.45) is 0 Å². The van der Waals surface area contributed by atoms with E-state index in [9.17, 15) is 0 Å². The van der Waals surface area contributed by atoms with Gasteiger partial charge in [0.1, 0.15) is 28.8 Å². The van der Waals surface area contributed by atoms with Crippen LogP contribution in [0.3, 0.4) is 0 Å². The van der Waals surface area contributed by atoms with Crippen molar-refractivity contribution in [1.29, 1.82) is 0 Å². The first-order chi connectivity index (χ1) is 16.5. The van der Waals surface area contributed by atoms with Gasteiger partial charge in [0.25, 0.3) is 5.79 Å². The molecule has 0 radical (unpaired) electrons. The number of fused-ring (bicyclic) bond motifs is 5. The van der Waals surface area contributed by atoms with Crippen LogP contribution in [0, 0.1) is 41.5 Å². The van der Waals surface area contributed by atoms with Crippen LogP contribution in [0.25, 0.3) is 0 Å². The summed E-state index contributed by atoms with van der Waals surface area (Å²) in [5, 5.41) is 0. The Morgan fingerprint density at radius 2 is 1.26 bits per heavy atom. The van der Waals surface area contributed by atoms with E-state index in [1.165, 1.54) is 44.5 Å². The SMILES string of the molecule is CC1=C[C@@]2(C)c3cc(C)cc(C)c3O[C@H]2[C@@]23c4cc(C)c(C)cc4O[C@@]12Oc1c(C)cc(C)cc13. The van der Waals surface area contributed by atoms with E-state index < -0.39 is 11.2 Å². The van der Waals surface area contributed by atoms with Gasteiger partial charge in [-0.05, 0) is 83.7 Å². The maximum Gasteiger partial charge on any atom is 0.291 e. The van der Waals surface area contributed by atoms with Crippen molar-refractivity contribution in [3.05, 3.63) is 98.1 Å². The van der Waals surface area contributed by atoms with Gasteiger partial charge < -0.3 is 14.2 Å². The van der Waals surface area contributed by atoms with Gasteiger partial charge in [0.15, 0.2) is 0 Å². The van der Waals surface area contributed by atoms with Gasteiger partial charge in [-0.2, -0.15) is 0 Å². The van der Waals surface area contributed by atoms with Gasteiger partial charge >= 0.3 is 0 Å². The van der Waals surface area contributed by atoms with Gasteiger partial charge in [-0.1, -0.05) is 47.5 Å². The Balaban J connectivity index is 1.65. The van der Waals surface area contributed by atoms with Gasteiger partial charge in [-0.3, -0.25) is 0 Å². The summed E-state index contributed by atoms with van der Waals surface area (Å²) in [5.74, 6) is 1.88. The molecule has 0 bridgehead atoms. The Morgan fingerprint density at radius 3 is 1.97 bits per heavy atom. The summed E-state index contributed by atoms with van der Waals surface area (Å²) in [5.41, 5.74) is 11.1. The molecule has 4 aliphatic rings. The minimum atomic E-state index is -0.967. The van der Waals surface area contributed by atoms with Gasteiger partial charge in [-0.15, -0.1) is 0 Å². The summed E-state index contributed by atoms with van der Waals surface area (Å²) in [7, 11) is 0. The topological polar surface area (TPSA) is 27.7 Å². The molecule has 0 amide bonds. The van der Waals surface area contributed by atoms with E-state index in [-0.39, 0.29) is 11.5 Å². The largest absolute Gasteiger partial charge is 0.487 e. The second kappa shape index (κ2) is 6.13. The van der Waals surface area contributed by atoms with Crippen LogP contribution in [0.2, 0.25) is 0 Å². The number of ether oxygens (including phenoxy) is 3. The standard InChI is InChI=1S/C32H32O3/c1-16-9-20(5)27-24(11-16)30(8)15-22(7)32-31(29(30)33-27,23-13-18(3)19(4)14-26(23)34-32)25-12-17(2)10-21(6)28(25)35-32/h9-15,29H,1-8H3/t29-,30+,31+,32-/m1/s1. The minimum Gasteiger partial charge on any atom is -0.487 e. The molecule has 35 heavy (non-hydrogen) atoms. The average Bonchev–Trinajstić information content (AvgIpc) is 3.33. The van der Waals surface area contributed by atoms with Crippen molar-refractivity contribution in [3.8, 4) is 17.2 Å². The molecular formula is C32H32O3. The Labute approximate surface area is 207 Å². The normalized spacial score (nSPS) is 30.6. The third kappa shape index (κ3) is 2.16. The number of benzene rings is 3. The van der Waals surface area contributed by atoms with E-state index in [4.69, 9.17) is 14.2 Å². The predicted octanol–water partition coefficient (Wildman–Crippen LogP) is 6.98. The molecule has 3 heteroatoms. The molecule has 1 aliphatic carbocycles.